The lowest BCUT2D eigenvalue weighted by Gasteiger charge is -2.23. The molecule has 0 radical (unpaired) electrons. The molecule has 1 amide bonds. The number of benzene rings is 4. The van der Waals surface area contributed by atoms with Gasteiger partial charge in [-0.3, -0.25) is 18.4 Å². The fourth-order valence-electron chi connectivity index (χ4n) is 4.19. The molecule has 5 rings (SSSR count). The van der Waals surface area contributed by atoms with E-state index in [9.17, 15) is 13.8 Å². The Kier molecular flexibility index (Phi) is 9.33. The van der Waals surface area contributed by atoms with Crippen LogP contribution in [0.25, 0.3) is 11.0 Å². The minimum Gasteiger partial charge on any atom is -0.347 e. The van der Waals surface area contributed by atoms with Crippen molar-refractivity contribution in [2.75, 3.05) is 6.61 Å². The number of hydrogen-bond donors (Lipinski definition) is 2. The number of imidazole rings is 1. The SMILES string of the molecule is O=C(N[C@@H](COP(=O)(OCc1ccccc1)OCc1ccccc1)Cc1cccc(F)c1)c1ccc2nc[nH]c2c1. The van der Waals surface area contributed by atoms with Crippen molar-refractivity contribution in [1.82, 2.24) is 15.3 Å². The molecular weight excluding hydrogens is 544 g/mol. The van der Waals surface area contributed by atoms with Crippen LogP contribution < -0.4 is 5.32 Å². The lowest BCUT2D eigenvalue weighted by atomic mass is 10.1. The van der Waals surface area contributed by atoms with Gasteiger partial charge >= 0.3 is 7.82 Å². The highest BCUT2D eigenvalue weighted by Gasteiger charge is 2.29. The summed E-state index contributed by atoms with van der Waals surface area (Å²) in [5.41, 5.74) is 4.05. The maximum absolute atomic E-state index is 13.9. The number of halogens is 1. The van der Waals surface area contributed by atoms with Crippen molar-refractivity contribution in [3.63, 3.8) is 0 Å². The number of phosphoric ester groups is 1. The van der Waals surface area contributed by atoms with Gasteiger partial charge in [0.25, 0.3) is 5.91 Å². The molecule has 5 aromatic rings. The summed E-state index contributed by atoms with van der Waals surface area (Å²) in [6.07, 6.45) is 1.77. The van der Waals surface area contributed by atoms with E-state index in [0.29, 0.717) is 16.6 Å². The van der Waals surface area contributed by atoms with E-state index in [1.165, 1.54) is 12.1 Å². The van der Waals surface area contributed by atoms with E-state index in [4.69, 9.17) is 13.6 Å². The first-order chi connectivity index (χ1) is 20.0. The van der Waals surface area contributed by atoms with E-state index < -0.39 is 19.7 Å². The molecule has 2 N–H and O–H groups in total. The topological polar surface area (TPSA) is 103 Å². The molecule has 8 nitrogen and oxygen atoms in total. The normalized spacial score (nSPS) is 12.3. The molecule has 1 atom stereocenters. The number of phosphoric acid groups is 1. The summed E-state index contributed by atoms with van der Waals surface area (Å²) in [5.74, 6) is -0.780. The van der Waals surface area contributed by atoms with Gasteiger partial charge in [0.2, 0.25) is 0 Å². The fraction of sp³-hybridized carbons (Fsp3) is 0.161. The minimum atomic E-state index is -4.10. The Bertz CT molecular complexity index is 1580. The zero-order chi connectivity index (χ0) is 28.5. The molecule has 0 aliphatic carbocycles. The smallest absolute Gasteiger partial charge is 0.347 e. The third-order valence-corrected chi connectivity index (χ3v) is 7.64. The van der Waals surface area contributed by atoms with Crippen molar-refractivity contribution in [2.45, 2.75) is 25.7 Å². The van der Waals surface area contributed by atoms with Gasteiger partial charge in [0.1, 0.15) is 5.82 Å². The summed E-state index contributed by atoms with van der Waals surface area (Å²) in [7, 11) is -4.10. The third kappa shape index (κ3) is 8.19. The second kappa shape index (κ2) is 13.5. The second-order valence-corrected chi connectivity index (χ2v) is 11.1. The monoisotopic (exact) mass is 573 g/mol. The molecule has 10 heteroatoms. The highest BCUT2D eigenvalue weighted by molar-refractivity contribution is 7.48. The number of carbonyl (C=O) groups is 1. The largest absolute Gasteiger partial charge is 0.475 e. The Morgan fingerprint density at radius 3 is 2.15 bits per heavy atom. The number of hydrogen-bond acceptors (Lipinski definition) is 6. The van der Waals surface area contributed by atoms with Gasteiger partial charge in [-0.15, -0.1) is 0 Å². The standard InChI is InChI=1S/C31H29FN3O5P/c32-27-13-7-12-25(16-27)17-28(35-31(36)26-14-15-29-30(18-26)34-22-33-29)21-40-41(37,38-19-23-8-3-1-4-9-23)39-20-24-10-5-2-6-11-24/h1-16,18,22,28H,17,19-21H2,(H,33,34)(H,35,36)/t28-/m1/s1. The van der Waals surface area contributed by atoms with Crippen molar-refractivity contribution in [3.05, 3.63) is 138 Å². The molecule has 0 saturated carbocycles. The van der Waals surface area contributed by atoms with Gasteiger partial charge < -0.3 is 10.3 Å². The molecule has 1 heterocycles. The van der Waals surface area contributed by atoms with Gasteiger partial charge in [0.15, 0.2) is 0 Å². The summed E-state index contributed by atoms with van der Waals surface area (Å²) >= 11 is 0. The van der Waals surface area contributed by atoms with Crippen LogP contribution in [0.4, 0.5) is 4.39 Å². The quantitative estimate of drug-likeness (QED) is 0.154. The molecule has 1 aromatic heterocycles. The first kappa shape index (κ1) is 28.4. The summed E-state index contributed by atoms with van der Waals surface area (Å²) < 4.78 is 45.0. The minimum absolute atomic E-state index is 0.00196. The number of amides is 1. The van der Waals surface area contributed by atoms with E-state index in [-0.39, 0.29) is 32.1 Å². The average Bonchev–Trinajstić information content (AvgIpc) is 3.47. The van der Waals surface area contributed by atoms with Crippen molar-refractivity contribution in [1.29, 1.82) is 0 Å². The molecular formula is C31H29FN3O5P. The first-order valence-electron chi connectivity index (χ1n) is 13.1. The summed E-state index contributed by atoms with van der Waals surface area (Å²) in [6.45, 7) is -0.217. The fourth-order valence-corrected chi connectivity index (χ4v) is 5.39. The van der Waals surface area contributed by atoms with Crippen LogP contribution in [0.2, 0.25) is 0 Å². The zero-order valence-corrected chi connectivity index (χ0v) is 23.0. The Balaban J connectivity index is 1.33. The Hall–Kier alpha value is -4.14. The van der Waals surface area contributed by atoms with E-state index in [2.05, 4.69) is 15.3 Å². The number of fused-ring (bicyclic) bond motifs is 1. The molecule has 0 aliphatic rings. The molecule has 41 heavy (non-hydrogen) atoms. The van der Waals surface area contributed by atoms with Crippen LogP contribution in [0, 0.1) is 5.82 Å². The van der Waals surface area contributed by atoms with Crippen LogP contribution in [0.3, 0.4) is 0 Å². The van der Waals surface area contributed by atoms with Gasteiger partial charge in [-0.25, -0.2) is 13.9 Å². The van der Waals surface area contributed by atoms with Crippen LogP contribution >= 0.6 is 7.82 Å². The van der Waals surface area contributed by atoms with Crippen LogP contribution in [0.1, 0.15) is 27.0 Å². The van der Waals surface area contributed by atoms with Crippen molar-refractivity contribution < 1.29 is 27.3 Å². The number of nitrogens with one attached hydrogen (secondary N) is 2. The highest BCUT2D eigenvalue weighted by atomic mass is 31.2. The maximum Gasteiger partial charge on any atom is 0.475 e. The molecule has 0 saturated heterocycles. The third-order valence-electron chi connectivity index (χ3n) is 6.29. The van der Waals surface area contributed by atoms with Gasteiger partial charge in [0, 0.05) is 5.56 Å². The number of carbonyl (C=O) groups excluding carboxylic acids is 1. The molecule has 0 unspecified atom stereocenters. The molecule has 0 fully saturated rings. The number of H-pyrrole nitrogens is 1. The highest BCUT2D eigenvalue weighted by Crippen LogP contribution is 2.51. The lowest BCUT2D eigenvalue weighted by Crippen LogP contribution is -2.39. The number of rotatable bonds is 13. The molecule has 0 spiro atoms. The van der Waals surface area contributed by atoms with E-state index >= 15 is 0 Å². The number of aromatic nitrogens is 2. The average molecular weight is 574 g/mol. The van der Waals surface area contributed by atoms with Gasteiger partial charge in [-0.05, 0) is 53.4 Å². The number of aromatic amines is 1. The summed E-state index contributed by atoms with van der Waals surface area (Å²) in [5, 5.41) is 2.93. The number of nitrogens with zero attached hydrogens (tertiary/aromatic N) is 1. The van der Waals surface area contributed by atoms with Crippen molar-refractivity contribution >= 4 is 24.8 Å². The van der Waals surface area contributed by atoms with Crippen LogP contribution in [-0.2, 0) is 37.8 Å². The second-order valence-electron chi connectivity index (χ2n) is 9.40. The van der Waals surface area contributed by atoms with Gasteiger partial charge in [-0.2, -0.15) is 0 Å². The van der Waals surface area contributed by atoms with E-state index in [1.54, 1.807) is 36.7 Å². The first-order valence-corrected chi connectivity index (χ1v) is 14.5. The Labute approximate surface area is 237 Å². The van der Waals surface area contributed by atoms with Crippen molar-refractivity contribution in [2.24, 2.45) is 0 Å². The predicted molar refractivity (Wildman–Crippen MR) is 153 cm³/mol. The molecule has 4 aromatic carbocycles. The summed E-state index contributed by atoms with van der Waals surface area (Å²) in [4.78, 5) is 20.4. The van der Waals surface area contributed by atoms with Crippen LogP contribution in [0.15, 0.2) is 109 Å². The predicted octanol–water partition coefficient (Wildman–Crippen LogP) is 6.60. The molecule has 0 bridgehead atoms. The maximum atomic E-state index is 13.9. The summed E-state index contributed by atoms with van der Waals surface area (Å²) in [6, 6.07) is 29.0. The van der Waals surface area contributed by atoms with Crippen LogP contribution in [-0.4, -0.2) is 28.5 Å². The van der Waals surface area contributed by atoms with E-state index in [0.717, 1.165) is 16.6 Å². The zero-order valence-electron chi connectivity index (χ0n) is 22.1. The molecule has 210 valence electrons. The van der Waals surface area contributed by atoms with Gasteiger partial charge in [0.05, 0.1) is 43.2 Å². The van der Waals surface area contributed by atoms with Crippen molar-refractivity contribution in [3.8, 4) is 0 Å². The van der Waals surface area contributed by atoms with Crippen LogP contribution in [0.5, 0.6) is 0 Å². The lowest BCUT2D eigenvalue weighted by molar-refractivity contribution is 0.0830. The van der Waals surface area contributed by atoms with E-state index in [1.807, 2.05) is 60.7 Å². The van der Waals surface area contributed by atoms with Gasteiger partial charge in [-0.1, -0.05) is 72.8 Å². The Morgan fingerprint density at radius 1 is 0.829 bits per heavy atom. The molecule has 0 aliphatic heterocycles. The Morgan fingerprint density at radius 2 is 1.49 bits per heavy atom.